The fourth-order valence-electron chi connectivity index (χ4n) is 0.993. The van der Waals surface area contributed by atoms with Crippen molar-refractivity contribution >= 4 is 11.9 Å². The lowest BCUT2D eigenvalue weighted by molar-refractivity contribution is -0.172. The van der Waals surface area contributed by atoms with Crippen molar-refractivity contribution in [2.45, 2.75) is 30.5 Å². The van der Waals surface area contributed by atoms with Gasteiger partial charge >= 0.3 is 11.9 Å². The van der Waals surface area contributed by atoms with E-state index in [9.17, 15) is 9.59 Å². The predicted octanol–water partition coefficient (Wildman–Crippen LogP) is -5.56. The molecule has 0 heterocycles. The second-order valence-corrected chi connectivity index (χ2v) is 4.22. The summed E-state index contributed by atoms with van der Waals surface area (Å²) in [5.41, 5.74) is 41.2. The molecule has 12 heteroatoms. The van der Waals surface area contributed by atoms with E-state index in [1.165, 1.54) is 0 Å². The van der Waals surface area contributed by atoms with Crippen LogP contribution in [-0.2, 0) is 19.1 Å². The SMILES string of the molecule is NC(N)(N)CC(=O)OC(N)(N)CC(=O)OC(N)(N)N. The molecular formula is C7H20N8O4. The van der Waals surface area contributed by atoms with Crippen LogP contribution in [0.3, 0.4) is 0 Å². The standard InChI is InChI=1S/C7H20N8O4/c8-5(9,10)1-3(16)18-6(11,12)2-4(17)19-7(13,14)15/h1-2,8-15H2. The smallest absolute Gasteiger partial charge is 0.316 e. The lowest BCUT2D eigenvalue weighted by Crippen LogP contribution is -2.63. The molecule has 112 valence electrons. The number of hydrogen-bond acceptors (Lipinski definition) is 12. The second-order valence-electron chi connectivity index (χ2n) is 4.22. The van der Waals surface area contributed by atoms with Gasteiger partial charge in [-0.15, -0.1) is 0 Å². The summed E-state index contributed by atoms with van der Waals surface area (Å²) in [5.74, 6) is -8.26. The van der Waals surface area contributed by atoms with E-state index in [2.05, 4.69) is 9.47 Å². The summed E-state index contributed by atoms with van der Waals surface area (Å²) in [4.78, 5) is 22.5. The van der Waals surface area contributed by atoms with Gasteiger partial charge < -0.3 is 26.7 Å². The van der Waals surface area contributed by atoms with E-state index in [0.717, 1.165) is 0 Å². The Morgan fingerprint density at radius 3 is 1.53 bits per heavy atom. The molecule has 16 N–H and O–H groups in total. The van der Waals surface area contributed by atoms with Crippen molar-refractivity contribution in [3.8, 4) is 0 Å². The number of carbonyl (C=O) groups is 2. The number of nitrogens with two attached hydrogens (primary N) is 8. The normalized spacial score (nSPS) is 13.1. The highest BCUT2D eigenvalue weighted by Crippen LogP contribution is 2.07. The molecular weight excluding hydrogens is 260 g/mol. The molecule has 0 aromatic rings. The van der Waals surface area contributed by atoms with Crippen LogP contribution in [0.1, 0.15) is 12.8 Å². The summed E-state index contributed by atoms with van der Waals surface area (Å²) in [6, 6.07) is 0. The van der Waals surface area contributed by atoms with Crippen molar-refractivity contribution in [2.75, 3.05) is 0 Å². The monoisotopic (exact) mass is 280 g/mol. The molecule has 0 saturated carbocycles. The van der Waals surface area contributed by atoms with E-state index in [4.69, 9.17) is 45.9 Å². The van der Waals surface area contributed by atoms with E-state index >= 15 is 0 Å². The molecule has 0 spiro atoms. The van der Waals surface area contributed by atoms with Crippen LogP contribution in [0.2, 0.25) is 0 Å². The second kappa shape index (κ2) is 5.72. The molecule has 19 heavy (non-hydrogen) atoms. The summed E-state index contributed by atoms with van der Waals surface area (Å²) in [5, 5.41) is 0. The first-order valence-electron chi connectivity index (χ1n) is 4.95. The molecule has 0 radical (unpaired) electrons. The maximum absolute atomic E-state index is 11.3. The van der Waals surface area contributed by atoms with Crippen LogP contribution < -0.4 is 45.9 Å². The maximum atomic E-state index is 11.3. The van der Waals surface area contributed by atoms with Crippen LogP contribution in [0.4, 0.5) is 0 Å². The minimum absolute atomic E-state index is 0.577. The Morgan fingerprint density at radius 2 is 1.16 bits per heavy atom. The molecule has 0 aliphatic rings. The van der Waals surface area contributed by atoms with Gasteiger partial charge in [0.05, 0.1) is 6.42 Å². The van der Waals surface area contributed by atoms with Gasteiger partial charge in [-0.25, -0.2) is 0 Å². The topological polar surface area (TPSA) is 261 Å². The van der Waals surface area contributed by atoms with Gasteiger partial charge in [-0.05, 0) is 0 Å². The zero-order valence-electron chi connectivity index (χ0n) is 10.2. The molecule has 0 aliphatic heterocycles. The lowest BCUT2D eigenvalue weighted by atomic mass is 10.2. The first-order chi connectivity index (χ1) is 8.20. The zero-order valence-corrected chi connectivity index (χ0v) is 10.2. The Kier molecular flexibility index (Phi) is 5.31. The third kappa shape index (κ3) is 10.2. The van der Waals surface area contributed by atoms with Crippen molar-refractivity contribution in [3.63, 3.8) is 0 Å². The van der Waals surface area contributed by atoms with Gasteiger partial charge in [-0.3, -0.25) is 38.3 Å². The fourth-order valence-corrected chi connectivity index (χ4v) is 0.993. The average Bonchev–Trinajstić information content (AvgIpc) is 1.89. The summed E-state index contributed by atoms with van der Waals surface area (Å²) in [6.45, 7) is 0. The molecule has 0 amide bonds. The van der Waals surface area contributed by atoms with Gasteiger partial charge in [-0.2, -0.15) is 0 Å². The third-order valence-corrected chi connectivity index (χ3v) is 1.47. The van der Waals surface area contributed by atoms with Crippen molar-refractivity contribution < 1.29 is 19.1 Å². The van der Waals surface area contributed by atoms with E-state index in [1.807, 2.05) is 0 Å². The molecule has 0 atom stereocenters. The Balaban J connectivity index is 4.40. The minimum atomic E-state index is -2.20. The van der Waals surface area contributed by atoms with Gasteiger partial charge in [0, 0.05) is 0 Å². The van der Waals surface area contributed by atoms with E-state index in [0.29, 0.717) is 0 Å². The summed E-state index contributed by atoms with van der Waals surface area (Å²) >= 11 is 0. The third-order valence-electron chi connectivity index (χ3n) is 1.47. The highest BCUT2D eigenvalue weighted by atomic mass is 16.6. The Labute approximate surface area is 108 Å². The highest BCUT2D eigenvalue weighted by Gasteiger charge is 2.32. The molecule has 0 saturated heterocycles. The number of carbonyl (C=O) groups excluding carboxylic acids is 2. The van der Waals surface area contributed by atoms with E-state index < -0.39 is 42.4 Å². The Morgan fingerprint density at radius 1 is 0.737 bits per heavy atom. The quantitative estimate of drug-likeness (QED) is 0.167. The number of ether oxygens (including phenoxy) is 2. The summed E-state index contributed by atoms with van der Waals surface area (Å²) < 4.78 is 8.88. The fraction of sp³-hybridized carbons (Fsp3) is 0.714. The number of rotatable bonds is 6. The van der Waals surface area contributed by atoms with Crippen molar-refractivity contribution in [1.82, 2.24) is 0 Å². The first kappa shape index (κ1) is 17.6. The van der Waals surface area contributed by atoms with E-state index in [-0.39, 0.29) is 0 Å². The summed E-state index contributed by atoms with van der Waals surface area (Å²) in [7, 11) is 0. The average molecular weight is 280 g/mol. The van der Waals surface area contributed by atoms with E-state index in [1.54, 1.807) is 0 Å². The number of hydrogen-bond donors (Lipinski definition) is 8. The van der Waals surface area contributed by atoms with Crippen molar-refractivity contribution in [1.29, 1.82) is 0 Å². The van der Waals surface area contributed by atoms with Crippen LogP contribution in [0.5, 0.6) is 0 Å². The van der Waals surface area contributed by atoms with Crippen LogP contribution in [0, 0.1) is 0 Å². The molecule has 0 unspecified atom stereocenters. The predicted molar refractivity (Wildman–Crippen MR) is 63.1 cm³/mol. The van der Waals surface area contributed by atoms with Crippen LogP contribution in [0.15, 0.2) is 0 Å². The lowest BCUT2D eigenvalue weighted by Gasteiger charge is -2.27. The largest absolute Gasteiger partial charge is 0.430 e. The molecule has 0 bridgehead atoms. The summed E-state index contributed by atoms with van der Waals surface area (Å²) in [6.07, 6.45) is -1.33. The van der Waals surface area contributed by atoms with Crippen LogP contribution in [-0.4, -0.2) is 29.5 Å². The highest BCUT2D eigenvalue weighted by molar-refractivity contribution is 5.74. The Hall–Kier alpha value is -1.38. The molecule has 0 aromatic carbocycles. The Bertz CT molecular complexity index is 312. The van der Waals surface area contributed by atoms with Gasteiger partial charge in [-0.1, -0.05) is 0 Å². The minimum Gasteiger partial charge on any atom is -0.430 e. The molecule has 0 aromatic heterocycles. The number of esters is 2. The van der Waals surface area contributed by atoms with Crippen molar-refractivity contribution in [2.24, 2.45) is 45.9 Å². The maximum Gasteiger partial charge on any atom is 0.316 e. The molecule has 0 fully saturated rings. The van der Waals surface area contributed by atoms with Gasteiger partial charge in [0.25, 0.3) is 5.97 Å². The van der Waals surface area contributed by atoms with Crippen LogP contribution in [0.25, 0.3) is 0 Å². The molecule has 12 nitrogen and oxygen atoms in total. The van der Waals surface area contributed by atoms with Gasteiger partial charge in [0.1, 0.15) is 12.2 Å². The van der Waals surface area contributed by atoms with Gasteiger partial charge in [0.2, 0.25) is 5.85 Å². The molecule has 0 rings (SSSR count). The van der Waals surface area contributed by atoms with Crippen molar-refractivity contribution in [3.05, 3.63) is 0 Å². The van der Waals surface area contributed by atoms with Gasteiger partial charge in [0.15, 0.2) is 0 Å². The zero-order chi connectivity index (χ0) is 15.5. The first-order valence-corrected chi connectivity index (χ1v) is 4.95. The molecule has 0 aliphatic carbocycles. The van der Waals surface area contributed by atoms with Crippen LogP contribution >= 0.6 is 0 Å².